The summed E-state index contributed by atoms with van der Waals surface area (Å²) in [6, 6.07) is 3.03. The topological polar surface area (TPSA) is 88.4 Å². The number of carbonyl (C=O) groups excluding carboxylic acids is 1. The molecule has 2 aromatic rings. The third kappa shape index (κ3) is 4.46. The molecule has 174 valence electrons. The van der Waals surface area contributed by atoms with E-state index < -0.39 is 21.7 Å². The van der Waals surface area contributed by atoms with E-state index in [0.29, 0.717) is 32.6 Å². The molecule has 1 aliphatic carbocycles. The standard InChI is InChI=1S/C21H27F2N5O3S/c1-26-15-20(24-25-26)32(30,31)28-12-10-27(11-13-28)21(7-2-3-8-21)9-6-19(29)17-5-4-16(22)14-18(17)23/h4-5,14-15H,2-3,6-13H2,1H3. The molecule has 2 fully saturated rings. The monoisotopic (exact) mass is 467 g/mol. The van der Waals surface area contributed by atoms with Gasteiger partial charge >= 0.3 is 0 Å². The summed E-state index contributed by atoms with van der Waals surface area (Å²) in [6.45, 7) is 1.78. The highest BCUT2D eigenvalue weighted by Crippen LogP contribution is 2.40. The lowest BCUT2D eigenvalue weighted by Crippen LogP contribution is -2.57. The zero-order chi connectivity index (χ0) is 22.9. The van der Waals surface area contributed by atoms with Crippen LogP contribution in [-0.2, 0) is 17.1 Å². The maximum absolute atomic E-state index is 14.0. The molecule has 32 heavy (non-hydrogen) atoms. The fraction of sp³-hybridized carbons (Fsp3) is 0.571. The number of benzene rings is 1. The van der Waals surface area contributed by atoms with Crippen LogP contribution in [0.15, 0.2) is 29.4 Å². The van der Waals surface area contributed by atoms with E-state index in [1.165, 1.54) is 21.3 Å². The molecule has 1 aromatic heterocycles. The molecule has 8 nitrogen and oxygen atoms in total. The second kappa shape index (κ2) is 8.95. The summed E-state index contributed by atoms with van der Waals surface area (Å²) in [5.74, 6) is -1.88. The number of ketones is 1. The molecule has 0 radical (unpaired) electrons. The first-order valence-electron chi connectivity index (χ1n) is 10.8. The lowest BCUT2D eigenvalue weighted by atomic mass is 9.87. The second-order valence-electron chi connectivity index (χ2n) is 8.60. The minimum Gasteiger partial charge on any atom is -0.295 e. The van der Waals surface area contributed by atoms with Gasteiger partial charge in [-0.15, -0.1) is 5.10 Å². The average molecular weight is 468 g/mol. The maximum atomic E-state index is 14.0. The first-order chi connectivity index (χ1) is 15.2. The van der Waals surface area contributed by atoms with Crippen LogP contribution in [0.2, 0.25) is 0 Å². The van der Waals surface area contributed by atoms with E-state index in [0.717, 1.165) is 37.8 Å². The highest BCUT2D eigenvalue weighted by Gasteiger charge is 2.42. The van der Waals surface area contributed by atoms with Gasteiger partial charge in [0.15, 0.2) is 5.78 Å². The number of hydrogen-bond donors (Lipinski definition) is 0. The summed E-state index contributed by atoms with van der Waals surface area (Å²) >= 11 is 0. The highest BCUT2D eigenvalue weighted by molar-refractivity contribution is 7.89. The lowest BCUT2D eigenvalue weighted by molar-refractivity contribution is 0.0475. The van der Waals surface area contributed by atoms with Crippen LogP contribution in [0.1, 0.15) is 48.9 Å². The number of carbonyl (C=O) groups is 1. The Balaban J connectivity index is 1.41. The minimum absolute atomic E-state index is 0.0593. The van der Waals surface area contributed by atoms with Crippen LogP contribution < -0.4 is 0 Å². The molecule has 2 aliphatic rings. The number of sulfonamides is 1. The van der Waals surface area contributed by atoms with Crippen molar-refractivity contribution in [2.24, 2.45) is 7.05 Å². The minimum atomic E-state index is -3.69. The molecular formula is C21H27F2N5O3S. The maximum Gasteiger partial charge on any atom is 0.264 e. The van der Waals surface area contributed by atoms with E-state index in [4.69, 9.17) is 0 Å². The van der Waals surface area contributed by atoms with Gasteiger partial charge in [0.1, 0.15) is 11.6 Å². The summed E-state index contributed by atoms with van der Waals surface area (Å²) in [6.07, 6.45) is 6.04. The lowest BCUT2D eigenvalue weighted by Gasteiger charge is -2.45. The molecule has 0 bridgehead atoms. The number of nitrogens with zero attached hydrogens (tertiary/aromatic N) is 5. The number of piperazine rings is 1. The molecule has 0 unspecified atom stereocenters. The van der Waals surface area contributed by atoms with Gasteiger partial charge in [-0.2, -0.15) is 4.31 Å². The van der Waals surface area contributed by atoms with E-state index in [-0.39, 0.29) is 28.3 Å². The van der Waals surface area contributed by atoms with Gasteiger partial charge in [0.05, 0.1) is 11.8 Å². The predicted octanol–water partition coefficient (Wildman–Crippen LogP) is 2.38. The van der Waals surface area contributed by atoms with Crippen molar-refractivity contribution in [1.29, 1.82) is 0 Å². The molecular weight excluding hydrogens is 440 g/mol. The molecule has 0 spiro atoms. The van der Waals surface area contributed by atoms with Gasteiger partial charge in [-0.3, -0.25) is 14.4 Å². The molecule has 1 aromatic carbocycles. The SMILES string of the molecule is Cn1cc(S(=O)(=O)N2CCN(C3(CCC(=O)c4ccc(F)cc4F)CCCC3)CC2)nn1. The van der Waals surface area contributed by atoms with Crippen LogP contribution in [-0.4, -0.2) is 70.1 Å². The molecule has 1 aliphatic heterocycles. The van der Waals surface area contributed by atoms with Gasteiger partial charge in [0.25, 0.3) is 10.0 Å². The number of Topliss-reactive ketones (excluding diaryl/α,β-unsaturated/α-hetero) is 1. The van der Waals surface area contributed by atoms with Crippen molar-refractivity contribution in [3.8, 4) is 0 Å². The zero-order valence-electron chi connectivity index (χ0n) is 18.0. The van der Waals surface area contributed by atoms with Crippen LogP contribution in [0.25, 0.3) is 0 Å². The van der Waals surface area contributed by atoms with Crippen molar-refractivity contribution in [3.05, 3.63) is 41.6 Å². The molecule has 0 amide bonds. The van der Waals surface area contributed by atoms with E-state index >= 15 is 0 Å². The number of hydrogen-bond acceptors (Lipinski definition) is 6. The normalized spacial score (nSPS) is 20.0. The summed E-state index contributed by atoms with van der Waals surface area (Å²) in [4.78, 5) is 14.9. The van der Waals surface area contributed by atoms with Gasteiger partial charge in [0.2, 0.25) is 5.03 Å². The quantitative estimate of drug-likeness (QED) is 0.581. The molecule has 2 heterocycles. The van der Waals surface area contributed by atoms with Gasteiger partial charge in [-0.1, -0.05) is 18.1 Å². The molecule has 0 atom stereocenters. The van der Waals surface area contributed by atoms with Crippen LogP contribution >= 0.6 is 0 Å². The van der Waals surface area contributed by atoms with Crippen molar-refractivity contribution >= 4 is 15.8 Å². The highest BCUT2D eigenvalue weighted by atomic mass is 32.2. The van der Waals surface area contributed by atoms with E-state index in [9.17, 15) is 22.0 Å². The smallest absolute Gasteiger partial charge is 0.264 e. The summed E-state index contributed by atoms with van der Waals surface area (Å²) < 4.78 is 55.6. The van der Waals surface area contributed by atoms with Crippen LogP contribution in [0, 0.1) is 11.6 Å². The van der Waals surface area contributed by atoms with Crippen LogP contribution in [0.4, 0.5) is 8.78 Å². The Morgan fingerprint density at radius 2 is 1.81 bits per heavy atom. The Bertz CT molecular complexity index is 1090. The summed E-state index contributed by atoms with van der Waals surface area (Å²) in [7, 11) is -2.07. The van der Waals surface area contributed by atoms with Crippen molar-refractivity contribution in [3.63, 3.8) is 0 Å². The molecule has 0 N–H and O–H groups in total. The van der Waals surface area contributed by atoms with Crippen LogP contribution in [0.3, 0.4) is 0 Å². The molecule has 4 rings (SSSR count). The third-order valence-electron chi connectivity index (χ3n) is 6.68. The molecule has 1 saturated carbocycles. The Morgan fingerprint density at radius 1 is 1.12 bits per heavy atom. The Kier molecular flexibility index (Phi) is 6.42. The van der Waals surface area contributed by atoms with Crippen molar-refractivity contribution in [2.45, 2.75) is 49.1 Å². The summed E-state index contributed by atoms with van der Waals surface area (Å²) in [5.41, 5.74) is -0.284. The van der Waals surface area contributed by atoms with E-state index in [1.54, 1.807) is 7.05 Å². The third-order valence-corrected chi connectivity index (χ3v) is 8.44. The summed E-state index contributed by atoms with van der Waals surface area (Å²) in [5, 5.41) is 7.40. The second-order valence-corrected chi connectivity index (χ2v) is 10.5. The average Bonchev–Trinajstić information content (AvgIpc) is 3.42. The number of aryl methyl sites for hydroxylation is 1. The van der Waals surface area contributed by atoms with Gasteiger partial charge in [-0.05, 0) is 31.4 Å². The largest absolute Gasteiger partial charge is 0.295 e. The first-order valence-corrected chi connectivity index (χ1v) is 12.3. The van der Waals surface area contributed by atoms with Crippen molar-refractivity contribution in [2.75, 3.05) is 26.2 Å². The molecule has 11 heteroatoms. The van der Waals surface area contributed by atoms with Gasteiger partial charge in [0, 0.05) is 51.3 Å². The number of aromatic nitrogens is 3. The first kappa shape index (κ1) is 22.9. The van der Waals surface area contributed by atoms with Gasteiger partial charge < -0.3 is 0 Å². The molecule has 1 saturated heterocycles. The Morgan fingerprint density at radius 3 is 2.41 bits per heavy atom. The Hall–Kier alpha value is -2.24. The number of halogens is 2. The fourth-order valence-corrected chi connectivity index (χ4v) is 6.27. The predicted molar refractivity (Wildman–Crippen MR) is 112 cm³/mol. The van der Waals surface area contributed by atoms with Crippen molar-refractivity contribution < 1.29 is 22.0 Å². The van der Waals surface area contributed by atoms with E-state index in [2.05, 4.69) is 15.2 Å². The van der Waals surface area contributed by atoms with Crippen molar-refractivity contribution in [1.82, 2.24) is 24.2 Å². The van der Waals surface area contributed by atoms with E-state index in [1.807, 2.05) is 0 Å². The van der Waals surface area contributed by atoms with Crippen LogP contribution in [0.5, 0.6) is 0 Å². The fourth-order valence-electron chi connectivity index (χ4n) is 4.93. The number of rotatable bonds is 7. The van der Waals surface area contributed by atoms with Gasteiger partial charge in [-0.25, -0.2) is 17.2 Å². The Labute approximate surface area is 186 Å². The zero-order valence-corrected chi connectivity index (χ0v) is 18.8.